The van der Waals surface area contributed by atoms with Gasteiger partial charge in [-0.2, -0.15) is 0 Å². The first-order valence-corrected chi connectivity index (χ1v) is 11.9. The summed E-state index contributed by atoms with van der Waals surface area (Å²) in [5, 5.41) is 13.7. The lowest BCUT2D eigenvalue weighted by atomic mass is 9.89. The molecule has 3 heterocycles. The van der Waals surface area contributed by atoms with Crippen molar-refractivity contribution in [3.63, 3.8) is 0 Å². The number of thioether (sulfide) groups is 1. The first-order valence-electron chi connectivity index (χ1n) is 10.1. The van der Waals surface area contributed by atoms with Crippen LogP contribution in [0.3, 0.4) is 0 Å². The van der Waals surface area contributed by atoms with Crippen LogP contribution >= 0.6 is 23.1 Å². The first kappa shape index (κ1) is 19.5. The predicted octanol–water partition coefficient (Wildman–Crippen LogP) is 4.81. The number of aromatic nitrogens is 4. The van der Waals surface area contributed by atoms with Crippen LogP contribution in [0.2, 0.25) is 0 Å². The van der Waals surface area contributed by atoms with Gasteiger partial charge >= 0.3 is 0 Å². The van der Waals surface area contributed by atoms with Crippen LogP contribution in [0.25, 0.3) is 15.9 Å². The number of para-hydroxylation sites is 1. The van der Waals surface area contributed by atoms with Gasteiger partial charge in [0.2, 0.25) is 5.91 Å². The van der Waals surface area contributed by atoms with Gasteiger partial charge in [-0.1, -0.05) is 36.9 Å². The molecule has 6 nitrogen and oxygen atoms in total. The number of thiophene rings is 1. The SMILES string of the molecule is Cc1cccc(C)c1NC(=O)CSc1nnc2c3c4c(sc3ncn12)CC(C)CC4. The molecule has 1 N–H and O–H groups in total. The molecule has 0 fully saturated rings. The van der Waals surface area contributed by atoms with Gasteiger partial charge in [0, 0.05) is 10.6 Å². The lowest BCUT2D eigenvalue weighted by Crippen LogP contribution is -2.16. The Morgan fingerprint density at radius 3 is 2.90 bits per heavy atom. The van der Waals surface area contributed by atoms with E-state index in [1.165, 1.54) is 28.6 Å². The first-order chi connectivity index (χ1) is 14.5. The molecule has 0 saturated carbocycles. The number of amides is 1. The minimum Gasteiger partial charge on any atom is -0.325 e. The Kier molecular flexibility index (Phi) is 4.99. The topological polar surface area (TPSA) is 72.2 Å². The van der Waals surface area contributed by atoms with Crippen LogP contribution in [-0.4, -0.2) is 31.2 Å². The monoisotopic (exact) mass is 437 g/mol. The maximum absolute atomic E-state index is 12.5. The Labute approximate surface area is 183 Å². The van der Waals surface area contributed by atoms with Crippen LogP contribution < -0.4 is 5.32 Å². The second kappa shape index (κ2) is 7.67. The highest BCUT2D eigenvalue weighted by Crippen LogP contribution is 2.39. The molecule has 3 aromatic heterocycles. The van der Waals surface area contributed by atoms with Crippen molar-refractivity contribution >= 4 is 50.6 Å². The number of carbonyl (C=O) groups excluding carboxylic acids is 1. The normalized spacial score (nSPS) is 16.2. The number of hydrogen-bond acceptors (Lipinski definition) is 6. The average molecular weight is 438 g/mol. The summed E-state index contributed by atoms with van der Waals surface area (Å²) in [4.78, 5) is 19.7. The Morgan fingerprint density at radius 2 is 2.10 bits per heavy atom. The second-order valence-corrected chi connectivity index (χ2v) is 10.1. The van der Waals surface area contributed by atoms with E-state index in [0.717, 1.165) is 51.4 Å². The van der Waals surface area contributed by atoms with Gasteiger partial charge in [-0.3, -0.25) is 9.20 Å². The van der Waals surface area contributed by atoms with E-state index in [4.69, 9.17) is 0 Å². The number of aryl methyl sites for hydroxylation is 3. The van der Waals surface area contributed by atoms with Crippen molar-refractivity contribution in [2.45, 2.75) is 45.2 Å². The van der Waals surface area contributed by atoms with E-state index in [2.05, 4.69) is 27.4 Å². The van der Waals surface area contributed by atoms with Gasteiger partial charge in [0.15, 0.2) is 10.8 Å². The van der Waals surface area contributed by atoms with Gasteiger partial charge in [0.1, 0.15) is 11.2 Å². The number of nitrogens with zero attached hydrogens (tertiary/aromatic N) is 4. The Morgan fingerprint density at radius 1 is 1.30 bits per heavy atom. The largest absolute Gasteiger partial charge is 0.325 e. The zero-order valence-electron chi connectivity index (χ0n) is 17.2. The summed E-state index contributed by atoms with van der Waals surface area (Å²) in [7, 11) is 0. The third-order valence-corrected chi connectivity index (χ3v) is 7.86. The molecule has 1 aliphatic rings. The van der Waals surface area contributed by atoms with Crippen molar-refractivity contribution in [2.75, 3.05) is 11.1 Å². The molecule has 0 aliphatic heterocycles. The molecule has 1 amide bonds. The van der Waals surface area contributed by atoms with E-state index in [1.807, 2.05) is 36.4 Å². The van der Waals surface area contributed by atoms with Gasteiger partial charge in [0.05, 0.1) is 11.1 Å². The number of carbonyl (C=O) groups is 1. The number of nitrogens with one attached hydrogen (secondary N) is 1. The summed E-state index contributed by atoms with van der Waals surface area (Å²) in [5.41, 5.74) is 5.25. The van der Waals surface area contributed by atoms with Crippen LogP contribution in [0, 0.1) is 19.8 Å². The molecule has 4 aromatic rings. The van der Waals surface area contributed by atoms with Gasteiger partial charge in [0.25, 0.3) is 0 Å². The molecule has 0 saturated heterocycles. The molecular formula is C22H23N5OS2. The maximum Gasteiger partial charge on any atom is 0.234 e. The molecule has 154 valence electrons. The molecule has 0 radical (unpaired) electrons. The lowest BCUT2D eigenvalue weighted by Gasteiger charge is -2.17. The van der Waals surface area contributed by atoms with Crippen molar-refractivity contribution in [1.82, 2.24) is 19.6 Å². The molecule has 1 atom stereocenters. The minimum atomic E-state index is -0.0508. The van der Waals surface area contributed by atoms with Gasteiger partial charge in [-0.25, -0.2) is 4.98 Å². The van der Waals surface area contributed by atoms with Gasteiger partial charge in [-0.05, 0) is 55.7 Å². The van der Waals surface area contributed by atoms with Crippen LogP contribution in [-0.2, 0) is 17.6 Å². The zero-order chi connectivity index (χ0) is 20.8. The Balaban J connectivity index is 1.39. The van der Waals surface area contributed by atoms with Gasteiger partial charge in [-0.15, -0.1) is 21.5 Å². The zero-order valence-corrected chi connectivity index (χ0v) is 18.9. The molecule has 1 aliphatic carbocycles. The minimum absolute atomic E-state index is 0.0508. The number of benzene rings is 1. The summed E-state index contributed by atoms with van der Waals surface area (Å²) < 4.78 is 1.92. The number of fused-ring (bicyclic) bond motifs is 5. The second-order valence-electron chi connectivity index (χ2n) is 8.06. The summed E-state index contributed by atoms with van der Waals surface area (Å²) in [6.45, 7) is 6.31. The number of rotatable bonds is 4. The van der Waals surface area contributed by atoms with Crippen LogP contribution in [0.5, 0.6) is 0 Å². The number of hydrogen-bond donors (Lipinski definition) is 1. The molecule has 0 spiro atoms. The molecule has 5 rings (SSSR count). The fourth-order valence-electron chi connectivity index (χ4n) is 4.14. The van der Waals surface area contributed by atoms with Crippen molar-refractivity contribution in [1.29, 1.82) is 0 Å². The smallest absolute Gasteiger partial charge is 0.234 e. The van der Waals surface area contributed by atoms with Crippen molar-refractivity contribution in [2.24, 2.45) is 5.92 Å². The highest BCUT2D eigenvalue weighted by atomic mass is 32.2. The molecule has 0 bridgehead atoms. The third kappa shape index (κ3) is 3.37. The predicted molar refractivity (Wildman–Crippen MR) is 123 cm³/mol. The quantitative estimate of drug-likeness (QED) is 0.464. The van der Waals surface area contributed by atoms with E-state index in [-0.39, 0.29) is 11.7 Å². The van der Waals surface area contributed by atoms with Crippen molar-refractivity contribution in [3.05, 3.63) is 46.1 Å². The Hall–Kier alpha value is -2.45. The summed E-state index contributed by atoms with van der Waals surface area (Å²) >= 11 is 3.17. The van der Waals surface area contributed by atoms with Crippen molar-refractivity contribution < 1.29 is 4.79 Å². The summed E-state index contributed by atoms with van der Waals surface area (Å²) in [6.07, 6.45) is 5.19. The lowest BCUT2D eigenvalue weighted by molar-refractivity contribution is -0.113. The van der Waals surface area contributed by atoms with E-state index in [9.17, 15) is 4.79 Å². The Bertz CT molecular complexity index is 1260. The average Bonchev–Trinajstić information content (AvgIpc) is 3.29. The molecule has 1 unspecified atom stereocenters. The molecule has 1 aromatic carbocycles. The third-order valence-electron chi connectivity index (χ3n) is 5.75. The molecule has 8 heteroatoms. The van der Waals surface area contributed by atoms with E-state index < -0.39 is 0 Å². The van der Waals surface area contributed by atoms with Gasteiger partial charge < -0.3 is 5.32 Å². The highest BCUT2D eigenvalue weighted by molar-refractivity contribution is 7.99. The van der Waals surface area contributed by atoms with E-state index in [0.29, 0.717) is 5.16 Å². The van der Waals surface area contributed by atoms with E-state index >= 15 is 0 Å². The molecule has 30 heavy (non-hydrogen) atoms. The van der Waals surface area contributed by atoms with Crippen LogP contribution in [0.4, 0.5) is 5.69 Å². The van der Waals surface area contributed by atoms with Crippen LogP contribution in [0.15, 0.2) is 29.7 Å². The number of anilines is 1. The fraction of sp³-hybridized carbons (Fsp3) is 0.364. The van der Waals surface area contributed by atoms with E-state index in [1.54, 1.807) is 17.7 Å². The highest BCUT2D eigenvalue weighted by Gasteiger charge is 2.24. The standard InChI is InChI=1S/C22H23N5OS2/c1-12-7-8-15-16(9-12)30-21-18(15)20-25-26-22(27(20)11-23-21)29-10-17(28)24-19-13(2)5-4-6-14(19)3/h4-6,11-12H,7-10H2,1-3H3,(H,24,28). The summed E-state index contributed by atoms with van der Waals surface area (Å²) in [5.74, 6) is 0.942. The van der Waals surface area contributed by atoms with Crippen LogP contribution in [0.1, 0.15) is 34.9 Å². The molecular weight excluding hydrogens is 414 g/mol. The fourth-order valence-corrected chi connectivity index (χ4v) is 6.18. The van der Waals surface area contributed by atoms with Crippen molar-refractivity contribution in [3.8, 4) is 0 Å². The summed E-state index contributed by atoms with van der Waals surface area (Å²) in [6, 6.07) is 6.00. The maximum atomic E-state index is 12.5.